The first kappa shape index (κ1) is 22.3. The fraction of sp³-hybridized carbons (Fsp3) is 0.310. The molecule has 1 saturated heterocycles. The predicted molar refractivity (Wildman–Crippen MR) is 134 cm³/mol. The van der Waals surface area contributed by atoms with Crippen molar-refractivity contribution in [3.63, 3.8) is 0 Å². The number of aromatic nitrogens is 2. The number of halogens is 1. The molecule has 5 heteroatoms. The van der Waals surface area contributed by atoms with Crippen LogP contribution in [0.15, 0.2) is 54.6 Å². The molecular weight excluding hydrogens is 425 g/mol. The molecule has 1 unspecified atom stereocenters. The lowest BCUT2D eigenvalue weighted by Crippen LogP contribution is -2.44. The zero-order valence-corrected chi connectivity index (χ0v) is 20.4. The number of hydrogen-bond acceptors (Lipinski definition) is 2. The third-order valence-corrected chi connectivity index (χ3v) is 7.41. The van der Waals surface area contributed by atoms with Crippen LogP contribution in [0.5, 0.6) is 0 Å². The SMILES string of the molecule is Cc1ccc(-c2cccc(F)c2)c(C(=O)N2CCCC2(C)c2nc3cc(C)c(C)cc3n2C)c1. The highest BCUT2D eigenvalue weighted by Gasteiger charge is 2.45. The Morgan fingerprint density at radius 3 is 2.56 bits per heavy atom. The molecule has 0 aliphatic carbocycles. The van der Waals surface area contributed by atoms with Crippen LogP contribution in [0.3, 0.4) is 0 Å². The van der Waals surface area contributed by atoms with Gasteiger partial charge >= 0.3 is 0 Å². The Labute approximate surface area is 200 Å². The Balaban J connectivity index is 1.62. The zero-order chi connectivity index (χ0) is 24.2. The summed E-state index contributed by atoms with van der Waals surface area (Å²) in [7, 11) is 2.04. The molecule has 2 heterocycles. The maximum absolute atomic E-state index is 14.1. The van der Waals surface area contributed by atoms with Gasteiger partial charge in [0.2, 0.25) is 0 Å². The number of imidazole rings is 1. The second kappa shape index (κ2) is 8.08. The number of carbonyl (C=O) groups is 1. The van der Waals surface area contributed by atoms with Gasteiger partial charge in [-0.1, -0.05) is 29.8 Å². The molecule has 0 bridgehead atoms. The van der Waals surface area contributed by atoms with E-state index in [0.29, 0.717) is 17.7 Å². The lowest BCUT2D eigenvalue weighted by Gasteiger charge is -2.35. The summed E-state index contributed by atoms with van der Waals surface area (Å²) in [5, 5.41) is 0. The standard InChI is InChI=1S/C29H30FN3O/c1-18-10-11-23(21-8-6-9-22(30)17-21)24(14-18)27(34)33-13-7-12-29(33,4)28-31-25-15-19(2)20(3)16-26(25)32(28)5/h6,8-11,14-17H,7,12-13H2,1-5H3. The van der Waals surface area contributed by atoms with E-state index in [0.717, 1.165) is 40.8 Å². The lowest BCUT2D eigenvalue weighted by atomic mass is 9.93. The zero-order valence-electron chi connectivity index (χ0n) is 20.4. The van der Waals surface area contributed by atoms with Crippen LogP contribution >= 0.6 is 0 Å². The van der Waals surface area contributed by atoms with E-state index in [9.17, 15) is 9.18 Å². The Hall–Kier alpha value is -3.47. The minimum absolute atomic E-state index is 0.0395. The van der Waals surface area contributed by atoms with Gasteiger partial charge in [0.15, 0.2) is 0 Å². The van der Waals surface area contributed by atoms with Crippen LogP contribution in [0.1, 0.15) is 52.6 Å². The number of nitrogens with zero attached hydrogens (tertiary/aromatic N) is 3. The molecule has 1 atom stereocenters. The van der Waals surface area contributed by atoms with Crippen molar-refractivity contribution >= 4 is 16.9 Å². The number of likely N-dealkylation sites (tertiary alicyclic amines) is 1. The number of benzene rings is 3. The molecule has 1 amide bonds. The topological polar surface area (TPSA) is 38.1 Å². The minimum Gasteiger partial charge on any atom is -0.329 e. The van der Waals surface area contributed by atoms with Crippen molar-refractivity contribution in [3.8, 4) is 11.1 Å². The van der Waals surface area contributed by atoms with E-state index in [1.807, 2.05) is 43.1 Å². The van der Waals surface area contributed by atoms with Crippen molar-refractivity contribution in [1.29, 1.82) is 0 Å². The van der Waals surface area contributed by atoms with E-state index in [2.05, 4.69) is 37.5 Å². The Bertz CT molecular complexity index is 1440. The third-order valence-electron chi connectivity index (χ3n) is 7.41. The quantitative estimate of drug-likeness (QED) is 0.356. The van der Waals surface area contributed by atoms with E-state index < -0.39 is 5.54 Å². The number of hydrogen-bond donors (Lipinski definition) is 0. The Morgan fingerprint density at radius 2 is 1.79 bits per heavy atom. The number of aryl methyl sites for hydroxylation is 4. The van der Waals surface area contributed by atoms with E-state index in [4.69, 9.17) is 4.98 Å². The fourth-order valence-corrected chi connectivity index (χ4v) is 5.34. The summed E-state index contributed by atoms with van der Waals surface area (Å²) < 4.78 is 16.1. The van der Waals surface area contributed by atoms with Gasteiger partial charge in [-0.15, -0.1) is 0 Å². The largest absolute Gasteiger partial charge is 0.329 e. The molecule has 1 aromatic heterocycles. The highest BCUT2D eigenvalue weighted by atomic mass is 19.1. The molecular formula is C29H30FN3O. The maximum Gasteiger partial charge on any atom is 0.255 e. The summed E-state index contributed by atoms with van der Waals surface area (Å²) in [4.78, 5) is 21.1. The number of amides is 1. The molecule has 4 aromatic rings. The van der Waals surface area contributed by atoms with Gasteiger partial charge in [0, 0.05) is 19.2 Å². The van der Waals surface area contributed by atoms with Crippen molar-refractivity contribution in [2.45, 2.75) is 46.1 Å². The number of rotatable bonds is 3. The smallest absolute Gasteiger partial charge is 0.255 e. The van der Waals surface area contributed by atoms with Crippen molar-refractivity contribution in [1.82, 2.24) is 14.5 Å². The highest BCUT2D eigenvalue weighted by molar-refractivity contribution is 6.01. The highest BCUT2D eigenvalue weighted by Crippen LogP contribution is 2.41. The summed E-state index contributed by atoms with van der Waals surface area (Å²) in [5.41, 5.74) is 7.00. The molecule has 34 heavy (non-hydrogen) atoms. The van der Waals surface area contributed by atoms with Gasteiger partial charge in [-0.2, -0.15) is 0 Å². The molecule has 0 N–H and O–H groups in total. The van der Waals surface area contributed by atoms with Crippen LogP contribution in [0.25, 0.3) is 22.2 Å². The van der Waals surface area contributed by atoms with Gasteiger partial charge in [-0.3, -0.25) is 4.79 Å². The van der Waals surface area contributed by atoms with Crippen LogP contribution in [-0.2, 0) is 12.6 Å². The summed E-state index contributed by atoms with van der Waals surface area (Å²) in [6, 6.07) is 16.6. The molecule has 4 nitrogen and oxygen atoms in total. The molecule has 1 aliphatic rings. The molecule has 1 aliphatic heterocycles. The summed E-state index contributed by atoms with van der Waals surface area (Å²) in [6.07, 6.45) is 1.75. The Morgan fingerprint density at radius 1 is 1.03 bits per heavy atom. The van der Waals surface area contributed by atoms with Crippen LogP contribution in [0, 0.1) is 26.6 Å². The summed E-state index contributed by atoms with van der Waals surface area (Å²) >= 11 is 0. The van der Waals surface area contributed by atoms with Crippen molar-refractivity contribution in [2.24, 2.45) is 7.05 Å². The van der Waals surface area contributed by atoms with E-state index in [1.54, 1.807) is 6.07 Å². The molecule has 174 valence electrons. The molecule has 0 radical (unpaired) electrons. The van der Waals surface area contributed by atoms with Gasteiger partial charge in [0.25, 0.3) is 5.91 Å². The first-order valence-corrected chi connectivity index (χ1v) is 11.8. The Kier molecular flexibility index (Phi) is 5.31. The van der Waals surface area contributed by atoms with Gasteiger partial charge in [-0.25, -0.2) is 9.37 Å². The lowest BCUT2D eigenvalue weighted by molar-refractivity contribution is 0.0601. The predicted octanol–water partition coefficient (Wildman–Crippen LogP) is 6.46. The van der Waals surface area contributed by atoms with E-state index >= 15 is 0 Å². The van der Waals surface area contributed by atoms with Crippen LogP contribution in [0.4, 0.5) is 4.39 Å². The van der Waals surface area contributed by atoms with E-state index in [-0.39, 0.29) is 11.7 Å². The number of carbonyl (C=O) groups excluding carboxylic acids is 1. The monoisotopic (exact) mass is 455 g/mol. The summed E-state index contributed by atoms with van der Waals surface area (Å²) in [6.45, 7) is 8.97. The second-order valence-electron chi connectivity index (χ2n) is 9.81. The van der Waals surface area contributed by atoms with Gasteiger partial charge in [-0.05, 0) is 93.1 Å². The van der Waals surface area contributed by atoms with E-state index in [1.165, 1.54) is 23.3 Å². The minimum atomic E-state index is -0.532. The number of fused-ring (bicyclic) bond motifs is 1. The average Bonchev–Trinajstić information content (AvgIpc) is 3.34. The van der Waals surface area contributed by atoms with Crippen molar-refractivity contribution in [2.75, 3.05) is 6.54 Å². The molecule has 3 aromatic carbocycles. The molecule has 5 rings (SSSR count). The normalized spacial score (nSPS) is 18.1. The van der Waals surface area contributed by atoms with Crippen molar-refractivity contribution in [3.05, 3.63) is 88.5 Å². The van der Waals surface area contributed by atoms with Gasteiger partial charge < -0.3 is 9.47 Å². The first-order valence-electron chi connectivity index (χ1n) is 11.8. The van der Waals surface area contributed by atoms with Crippen LogP contribution in [0.2, 0.25) is 0 Å². The summed E-state index contributed by atoms with van der Waals surface area (Å²) in [5.74, 6) is 0.549. The first-order chi connectivity index (χ1) is 16.2. The molecule has 1 fully saturated rings. The van der Waals surface area contributed by atoms with Crippen molar-refractivity contribution < 1.29 is 9.18 Å². The maximum atomic E-state index is 14.1. The average molecular weight is 456 g/mol. The molecule has 0 saturated carbocycles. The fourth-order valence-electron chi connectivity index (χ4n) is 5.34. The third kappa shape index (κ3) is 3.51. The molecule has 0 spiro atoms. The second-order valence-corrected chi connectivity index (χ2v) is 9.81. The van der Waals surface area contributed by atoms with Crippen LogP contribution < -0.4 is 0 Å². The van der Waals surface area contributed by atoms with Gasteiger partial charge in [0.05, 0.1) is 16.6 Å². The van der Waals surface area contributed by atoms with Crippen LogP contribution in [-0.4, -0.2) is 26.9 Å². The van der Waals surface area contributed by atoms with Gasteiger partial charge in [0.1, 0.15) is 11.6 Å².